The van der Waals surface area contributed by atoms with Crippen molar-refractivity contribution in [2.75, 3.05) is 0 Å². The minimum atomic E-state index is -0.179. The van der Waals surface area contributed by atoms with Gasteiger partial charge in [-0.2, -0.15) is 0 Å². The maximum atomic E-state index is 11.7. The highest BCUT2D eigenvalue weighted by Gasteiger charge is 2.31. The molecule has 1 atom stereocenters. The van der Waals surface area contributed by atoms with Crippen LogP contribution in [-0.2, 0) is 9.59 Å². The standard InChI is InChI=1S/C17H16N2O2/c20-16-10-11-17(21)19(16)18-15-9-5-4-8-14(15)12-13-6-2-1-3-7-13/h1-9,12,15,18H,10-11H2. The fourth-order valence-electron chi connectivity index (χ4n) is 2.41. The number of allylic oxidation sites excluding steroid dienone is 2. The highest BCUT2D eigenvalue weighted by atomic mass is 16.2. The smallest absolute Gasteiger partial charge is 0.244 e. The minimum absolute atomic E-state index is 0.165. The summed E-state index contributed by atoms with van der Waals surface area (Å²) in [5, 5.41) is 1.15. The number of rotatable bonds is 3. The average Bonchev–Trinajstić information content (AvgIpc) is 2.82. The fourth-order valence-corrected chi connectivity index (χ4v) is 2.41. The van der Waals surface area contributed by atoms with E-state index in [0.717, 1.165) is 16.1 Å². The Bertz CT molecular complexity index is 628. The number of nitrogens with zero attached hydrogens (tertiary/aromatic N) is 1. The Hall–Kier alpha value is -2.46. The molecule has 1 unspecified atom stereocenters. The van der Waals surface area contributed by atoms with Crippen LogP contribution in [0.15, 0.2) is 60.2 Å². The van der Waals surface area contributed by atoms with Crippen molar-refractivity contribution in [1.29, 1.82) is 0 Å². The van der Waals surface area contributed by atoms with E-state index in [4.69, 9.17) is 0 Å². The van der Waals surface area contributed by atoms with Gasteiger partial charge in [0.2, 0.25) is 11.8 Å². The second-order valence-corrected chi connectivity index (χ2v) is 5.03. The van der Waals surface area contributed by atoms with Crippen LogP contribution in [-0.4, -0.2) is 22.9 Å². The quantitative estimate of drug-likeness (QED) is 0.864. The predicted molar refractivity (Wildman–Crippen MR) is 80.7 cm³/mol. The highest BCUT2D eigenvalue weighted by molar-refractivity contribution is 6.01. The van der Waals surface area contributed by atoms with Crippen molar-refractivity contribution in [3.8, 4) is 0 Å². The van der Waals surface area contributed by atoms with Gasteiger partial charge >= 0.3 is 0 Å². The van der Waals surface area contributed by atoms with E-state index < -0.39 is 0 Å². The number of hydrogen-bond acceptors (Lipinski definition) is 3. The summed E-state index contributed by atoms with van der Waals surface area (Å²) in [6.45, 7) is 0. The number of benzene rings is 1. The number of amides is 2. The van der Waals surface area contributed by atoms with Crippen molar-refractivity contribution >= 4 is 17.9 Å². The van der Waals surface area contributed by atoms with E-state index in [0.29, 0.717) is 0 Å². The van der Waals surface area contributed by atoms with Crippen molar-refractivity contribution in [1.82, 2.24) is 10.4 Å². The molecule has 1 aromatic carbocycles. The predicted octanol–water partition coefficient (Wildman–Crippen LogP) is 2.22. The van der Waals surface area contributed by atoms with Crippen LogP contribution in [0, 0.1) is 0 Å². The first-order chi connectivity index (χ1) is 10.2. The zero-order valence-corrected chi connectivity index (χ0v) is 11.5. The van der Waals surface area contributed by atoms with Crippen molar-refractivity contribution in [2.45, 2.75) is 18.9 Å². The van der Waals surface area contributed by atoms with E-state index in [2.05, 4.69) is 5.43 Å². The van der Waals surface area contributed by atoms with Gasteiger partial charge in [0.05, 0.1) is 6.04 Å². The van der Waals surface area contributed by atoms with Crippen LogP contribution in [0.25, 0.3) is 6.08 Å². The number of hydrazine groups is 1. The molecular formula is C17H16N2O2. The molecule has 1 aliphatic heterocycles. The van der Waals surface area contributed by atoms with Gasteiger partial charge < -0.3 is 0 Å². The van der Waals surface area contributed by atoms with Crippen LogP contribution < -0.4 is 5.43 Å². The van der Waals surface area contributed by atoms with Gasteiger partial charge in [-0.15, -0.1) is 0 Å². The SMILES string of the molecule is O=C1CCC(=O)N1NC1C=CC=CC1=Cc1ccccc1. The van der Waals surface area contributed by atoms with Crippen molar-refractivity contribution in [2.24, 2.45) is 0 Å². The molecule has 2 amide bonds. The third-order valence-electron chi connectivity index (χ3n) is 3.52. The van der Waals surface area contributed by atoms with Crippen LogP contribution in [0.2, 0.25) is 0 Å². The Balaban J connectivity index is 1.81. The third-order valence-corrected chi connectivity index (χ3v) is 3.52. The highest BCUT2D eigenvalue weighted by Crippen LogP contribution is 2.18. The van der Waals surface area contributed by atoms with E-state index >= 15 is 0 Å². The number of imide groups is 1. The summed E-state index contributed by atoms with van der Waals surface area (Å²) in [5.74, 6) is -0.330. The number of hydrogen-bond donors (Lipinski definition) is 1. The van der Waals surface area contributed by atoms with Crippen LogP contribution in [0.1, 0.15) is 18.4 Å². The molecule has 4 nitrogen and oxygen atoms in total. The first-order valence-electron chi connectivity index (χ1n) is 6.97. The summed E-state index contributed by atoms with van der Waals surface area (Å²) in [5.41, 5.74) is 5.11. The lowest BCUT2D eigenvalue weighted by Crippen LogP contribution is -2.47. The lowest BCUT2D eigenvalue weighted by atomic mass is 10.00. The molecule has 0 radical (unpaired) electrons. The Morgan fingerprint density at radius 2 is 1.76 bits per heavy atom. The van der Waals surface area contributed by atoms with Crippen LogP contribution in [0.5, 0.6) is 0 Å². The van der Waals surface area contributed by atoms with E-state index in [1.54, 1.807) is 0 Å². The van der Waals surface area contributed by atoms with E-state index in [1.165, 1.54) is 0 Å². The Labute approximate surface area is 123 Å². The zero-order valence-electron chi connectivity index (χ0n) is 11.5. The molecular weight excluding hydrogens is 264 g/mol. The number of carbonyl (C=O) groups is 2. The summed E-state index contributed by atoms with van der Waals surface area (Å²) >= 11 is 0. The molecule has 0 saturated carbocycles. The first kappa shape index (κ1) is 13.5. The molecule has 1 heterocycles. The molecule has 21 heavy (non-hydrogen) atoms. The van der Waals surface area contributed by atoms with Gasteiger partial charge in [0.25, 0.3) is 0 Å². The molecule has 3 rings (SSSR count). The molecule has 106 valence electrons. The molecule has 0 bridgehead atoms. The van der Waals surface area contributed by atoms with E-state index in [9.17, 15) is 9.59 Å². The minimum Gasteiger partial charge on any atom is -0.273 e. The van der Waals surface area contributed by atoms with Gasteiger partial charge in [0.1, 0.15) is 0 Å². The Morgan fingerprint density at radius 1 is 1.05 bits per heavy atom. The maximum Gasteiger partial charge on any atom is 0.244 e. The van der Waals surface area contributed by atoms with Crippen LogP contribution in [0.3, 0.4) is 0 Å². The van der Waals surface area contributed by atoms with Crippen LogP contribution in [0.4, 0.5) is 0 Å². The molecule has 1 N–H and O–H groups in total. The Morgan fingerprint density at radius 3 is 2.48 bits per heavy atom. The van der Waals surface area contributed by atoms with E-state index in [-0.39, 0.29) is 30.7 Å². The first-order valence-corrected chi connectivity index (χ1v) is 6.97. The third kappa shape index (κ3) is 3.01. The summed E-state index contributed by atoms with van der Waals surface area (Å²) in [6.07, 6.45) is 10.4. The Kier molecular flexibility index (Phi) is 3.79. The summed E-state index contributed by atoms with van der Waals surface area (Å²) in [6, 6.07) is 9.78. The molecule has 0 aromatic heterocycles. The number of nitrogens with one attached hydrogen (secondary N) is 1. The van der Waals surface area contributed by atoms with Gasteiger partial charge in [0.15, 0.2) is 0 Å². The second kappa shape index (κ2) is 5.89. The van der Waals surface area contributed by atoms with Gasteiger partial charge in [0, 0.05) is 12.8 Å². The van der Waals surface area contributed by atoms with Crippen LogP contribution >= 0.6 is 0 Å². The second-order valence-electron chi connectivity index (χ2n) is 5.03. The molecule has 1 saturated heterocycles. The average molecular weight is 280 g/mol. The maximum absolute atomic E-state index is 11.7. The lowest BCUT2D eigenvalue weighted by Gasteiger charge is -2.24. The molecule has 2 aliphatic rings. The molecule has 1 aliphatic carbocycles. The van der Waals surface area contributed by atoms with Crippen molar-refractivity contribution in [3.05, 3.63) is 65.8 Å². The summed E-state index contributed by atoms with van der Waals surface area (Å²) in [7, 11) is 0. The van der Waals surface area contributed by atoms with Gasteiger partial charge in [-0.1, -0.05) is 54.6 Å². The fraction of sp³-hybridized carbons (Fsp3) is 0.176. The lowest BCUT2D eigenvalue weighted by molar-refractivity contribution is -0.142. The summed E-state index contributed by atoms with van der Waals surface area (Å²) in [4.78, 5) is 23.4. The monoisotopic (exact) mass is 280 g/mol. The van der Waals surface area contributed by atoms with E-state index in [1.807, 2.05) is 60.7 Å². The molecule has 0 spiro atoms. The molecule has 1 fully saturated rings. The molecule has 1 aromatic rings. The summed E-state index contributed by atoms with van der Waals surface area (Å²) < 4.78 is 0. The molecule has 4 heteroatoms. The number of carbonyl (C=O) groups excluding carboxylic acids is 2. The largest absolute Gasteiger partial charge is 0.273 e. The van der Waals surface area contributed by atoms with Crippen molar-refractivity contribution in [3.63, 3.8) is 0 Å². The van der Waals surface area contributed by atoms with Gasteiger partial charge in [-0.3, -0.25) is 9.59 Å². The van der Waals surface area contributed by atoms with Crippen molar-refractivity contribution < 1.29 is 9.59 Å². The zero-order chi connectivity index (χ0) is 14.7. The normalized spacial score (nSPS) is 23.3. The topological polar surface area (TPSA) is 49.4 Å². The van der Waals surface area contributed by atoms with Gasteiger partial charge in [-0.25, -0.2) is 10.4 Å². The van der Waals surface area contributed by atoms with Gasteiger partial charge in [-0.05, 0) is 17.2 Å².